The van der Waals surface area contributed by atoms with Gasteiger partial charge in [0.1, 0.15) is 11.9 Å². The van der Waals surface area contributed by atoms with Gasteiger partial charge in [0.15, 0.2) is 0 Å². The van der Waals surface area contributed by atoms with E-state index >= 15 is 0 Å². The zero-order chi connectivity index (χ0) is 12.8. The Morgan fingerprint density at radius 3 is 2.88 bits per heavy atom. The second-order valence-corrected chi connectivity index (χ2v) is 4.25. The number of carbonyl (C=O) groups is 1. The van der Waals surface area contributed by atoms with Crippen molar-refractivity contribution >= 4 is 21.9 Å². The van der Waals surface area contributed by atoms with Gasteiger partial charge in [0, 0.05) is 13.7 Å². The SMILES string of the molecule is COCCNC(C(=O)O)c1ccc(Br)c(F)c1. The molecule has 1 aromatic rings. The van der Waals surface area contributed by atoms with Gasteiger partial charge in [-0.1, -0.05) is 6.07 Å². The molecule has 0 aliphatic carbocycles. The molecule has 0 bridgehead atoms. The van der Waals surface area contributed by atoms with Crippen LogP contribution in [-0.2, 0) is 9.53 Å². The first-order valence-electron chi connectivity index (χ1n) is 4.96. The van der Waals surface area contributed by atoms with Crippen molar-refractivity contribution in [2.75, 3.05) is 20.3 Å². The molecule has 0 saturated carbocycles. The van der Waals surface area contributed by atoms with Crippen molar-refractivity contribution in [3.63, 3.8) is 0 Å². The van der Waals surface area contributed by atoms with E-state index in [2.05, 4.69) is 21.2 Å². The summed E-state index contributed by atoms with van der Waals surface area (Å²) in [5, 5.41) is 11.8. The molecule has 4 nitrogen and oxygen atoms in total. The van der Waals surface area contributed by atoms with E-state index in [1.807, 2.05) is 0 Å². The summed E-state index contributed by atoms with van der Waals surface area (Å²) in [7, 11) is 1.52. The van der Waals surface area contributed by atoms with Crippen LogP contribution in [0.2, 0.25) is 0 Å². The van der Waals surface area contributed by atoms with Crippen LogP contribution in [0, 0.1) is 5.82 Å². The predicted molar refractivity (Wildman–Crippen MR) is 64.4 cm³/mol. The topological polar surface area (TPSA) is 58.6 Å². The van der Waals surface area contributed by atoms with E-state index in [9.17, 15) is 9.18 Å². The fraction of sp³-hybridized carbons (Fsp3) is 0.364. The van der Waals surface area contributed by atoms with Gasteiger partial charge in [-0.3, -0.25) is 10.1 Å². The summed E-state index contributed by atoms with van der Waals surface area (Å²) in [6.07, 6.45) is 0. The third-order valence-corrected chi connectivity index (χ3v) is 2.82. The highest BCUT2D eigenvalue weighted by Crippen LogP contribution is 2.20. The Kier molecular flexibility index (Phi) is 5.54. The molecule has 6 heteroatoms. The fourth-order valence-electron chi connectivity index (χ4n) is 1.35. The first-order valence-corrected chi connectivity index (χ1v) is 5.75. The average Bonchev–Trinajstić information content (AvgIpc) is 2.28. The summed E-state index contributed by atoms with van der Waals surface area (Å²) in [4.78, 5) is 11.1. The standard InChI is InChI=1S/C11H13BrFNO3/c1-17-5-4-14-10(11(15)16)7-2-3-8(12)9(13)6-7/h2-3,6,10,14H,4-5H2,1H3,(H,15,16). The number of aliphatic carboxylic acids is 1. The summed E-state index contributed by atoms with van der Waals surface area (Å²) in [6.45, 7) is 0.772. The van der Waals surface area contributed by atoms with Gasteiger partial charge < -0.3 is 9.84 Å². The molecule has 0 fully saturated rings. The van der Waals surface area contributed by atoms with Crippen LogP contribution >= 0.6 is 15.9 Å². The number of nitrogens with one attached hydrogen (secondary N) is 1. The zero-order valence-electron chi connectivity index (χ0n) is 9.24. The van der Waals surface area contributed by atoms with E-state index < -0.39 is 17.8 Å². The smallest absolute Gasteiger partial charge is 0.325 e. The lowest BCUT2D eigenvalue weighted by Crippen LogP contribution is -2.31. The molecule has 0 heterocycles. The van der Waals surface area contributed by atoms with Crippen LogP contribution in [0.4, 0.5) is 4.39 Å². The molecule has 2 N–H and O–H groups in total. The molecule has 0 aromatic heterocycles. The number of hydrogen-bond acceptors (Lipinski definition) is 3. The molecule has 94 valence electrons. The molecule has 17 heavy (non-hydrogen) atoms. The Morgan fingerprint density at radius 1 is 1.65 bits per heavy atom. The molecule has 1 rings (SSSR count). The maximum atomic E-state index is 13.3. The molecule has 1 aromatic carbocycles. The quantitative estimate of drug-likeness (QED) is 0.789. The molecule has 1 unspecified atom stereocenters. The van der Waals surface area contributed by atoms with E-state index in [0.29, 0.717) is 23.2 Å². The number of benzene rings is 1. The number of carboxylic acid groups (broad SMARTS) is 1. The van der Waals surface area contributed by atoms with E-state index in [0.717, 1.165) is 0 Å². The number of rotatable bonds is 6. The van der Waals surface area contributed by atoms with Gasteiger partial charge in [0.2, 0.25) is 0 Å². The van der Waals surface area contributed by atoms with Crippen LogP contribution in [0.5, 0.6) is 0 Å². The maximum absolute atomic E-state index is 13.3. The third kappa shape index (κ3) is 4.07. The molecular formula is C11H13BrFNO3. The zero-order valence-corrected chi connectivity index (χ0v) is 10.8. The third-order valence-electron chi connectivity index (χ3n) is 2.18. The summed E-state index contributed by atoms with van der Waals surface area (Å²) < 4.78 is 18.4. The van der Waals surface area contributed by atoms with Gasteiger partial charge in [-0.15, -0.1) is 0 Å². The number of halogens is 2. The molecular weight excluding hydrogens is 293 g/mol. The summed E-state index contributed by atoms with van der Waals surface area (Å²) in [6, 6.07) is 3.31. The van der Waals surface area contributed by atoms with Crippen molar-refractivity contribution in [1.29, 1.82) is 0 Å². The van der Waals surface area contributed by atoms with Gasteiger partial charge in [0.25, 0.3) is 0 Å². The van der Waals surface area contributed by atoms with E-state index in [4.69, 9.17) is 9.84 Å². The Bertz CT molecular complexity index is 400. The highest BCUT2D eigenvalue weighted by Gasteiger charge is 2.19. The molecule has 0 spiro atoms. The normalized spacial score (nSPS) is 12.4. The number of methoxy groups -OCH3 is 1. The molecule has 0 saturated heterocycles. The second kappa shape index (κ2) is 6.68. The van der Waals surface area contributed by atoms with Crippen LogP contribution in [0.25, 0.3) is 0 Å². The summed E-state index contributed by atoms with van der Waals surface area (Å²) in [5.74, 6) is -1.54. The number of carboxylic acids is 1. The van der Waals surface area contributed by atoms with Gasteiger partial charge in [0.05, 0.1) is 11.1 Å². The number of ether oxygens (including phenoxy) is 1. The van der Waals surface area contributed by atoms with Gasteiger partial charge >= 0.3 is 5.97 Å². The van der Waals surface area contributed by atoms with Crippen LogP contribution in [0.1, 0.15) is 11.6 Å². The highest BCUT2D eigenvalue weighted by atomic mass is 79.9. The first kappa shape index (κ1) is 14.1. The summed E-state index contributed by atoms with van der Waals surface area (Å²) in [5.41, 5.74) is 0.370. The lowest BCUT2D eigenvalue weighted by atomic mass is 10.1. The molecule has 0 aliphatic rings. The Morgan fingerprint density at radius 2 is 2.35 bits per heavy atom. The lowest BCUT2D eigenvalue weighted by Gasteiger charge is -2.14. The van der Waals surface area contributed by atoms with Crippen LogP contribution in [-0.4, -0.2) is 31.3 Å². The second-order valence-electron chi connectivity index (χ2n) is 3.39. The molecule has 0 aliphatic heterocycles. The average molecular weight is 306 g/mol. The summed E-state index contributed by atoms with van der Waals surface area (Å²) >= 11 is 3.02. The Balaban J connectivity index is 2.82. The Hall–Kier alpha value is -0.980. The van der Waals surface area contributed by atoms with Gasteiger partial charge in [-0.2, -0.15) is 0 Å². The minimum atomic E-state index is -1.05. The maximum Gasteiger partial charge on any atom is 0.325 e. The lowest BCUT2D eigenvalue weighted by molar-refractivity contribution is -0.139. The monoisotopic (exact) mass is 305 g/mol. The van der Waals surface area contributed by atoms with Crippen molar-refractivity contribution in [3.05, 3.63) is 34.1 Å². The van der Waals surface area contributed by atoms with E-state index in [1.165, 1.54) is 19.2 Å². The van der Waals surface area contributed by atoms with E-state index in [1.54, 1.807) is 6.07 Å². The van der Waals surface area contributed by atoms with Crippen LogP contribution in [0.3, 0.4) is 0 Å². The van der Waals surface area contributed by atoms with Crippen molar-refractivity contribution < 1.29 is 19.0 Å². The first-order chi connectivity index (χ1) is 8.06. The van der Waals surface area contributed by atoms with Gasteiger partial charge in [-0.05, 0) is 33.6 Å². The van der Waals surface area contributed by atoms with E-state index in [-0.39, 0.29) is 0 Å². The van der Waals surface area contributed by atoms with Crippen molar-refractivity contribution in [2.24, 2.45) is 0 Å². The van der Waals surface area contributed by atoms with Crippen LogP contribution in [0.15, 0.2) is 22.7 Å². The van der Waals surface area contributed by atoms with Crippen molar-refractivity contribution in [1.82, 2.24) is 5.32 Å². The minimum Gasteiger partial charge on any atom is -0.480 e. The largest absolute Gasteiger partial charge is 0.480 e. The molecule has 0 radical (unpaired) electrons. The molecule has 0 amide bonds. The molecule has 1 atom stereocenters. The van der Waals surface area contributed by atoms with Crippen molar-refractivity contribution in [3.8, 4) is 0 Å². The van der Waals surface area contributed by atoms with Gasteiger partial charge in [-0.25, -0.2) is 4.39 Å². The predicted octanol–water partition coefficient (Wildman–Crippen LogP) is 1.95. The van der Waals surface area contributed by atoms with Crippen LogP contribution < -0.4 is 5.32 Å². The Labute approximate surface area is 107 Å². The number of hydrogen-bond donors (Lipinski definition) is 2. The highest BCUT2D eigenvalue weighted by molar-refractivity contribution is 9.10. The van der Waals surface area contributed by atoms with Crippen molar-refractivity contribution in [2.45, 2.75) is 6.04 Å². The fourth-order valence-corrected chi connectivity index (χ4v) is 1.59. The minimum absolute atomic E-state index is 0.308.